The maximum atomic E-state index is 4.20. The summed E-state index contributed by atoms with van der Waals surface area (Å²) >= 11 is 0. The summed E-state index contributed by atoms with van der Waals surface area (Å²) in [5, 5.41) is 2.49. The molecule has 0 unspecified atom stereocenters. The smallest absolute Gasteiger partial charge is 0.0547 e. The van der Waals surface area contributed by atoms with Gasteiger partial charge in [0.1, 0.15) is 0 Å². The maximum absolute atomic E-state index is 4.20. The monoisotopic (exact) mass is 473 g/mol. The largest absolute Gasteiger partial charge is 0.309 e. The lowest BCUT2D eigenvalue weighted by atomic mass is 10.0. The van der Waals surface area contributed by atoms with Gasteiger partial charge in [-0.15, -0.1) is 0 Å². The molecular formula is C34H23N3. The topological polar surface area (TPSA) is 30.7 Å². The van der Waals surface area contributed by atoms with Crippen LogP contribution in [0.3, 0.4) is 0 Å². The Morgan fingerprint density at radius 3 is 1.35 bits per heavy atom. The van der Waals surface area contributed by atoms with Gasteiger partial charge in [-0.1, -0.05) is 66.7 Å². The molecule has 0 saturated heterocycles. The first-order valence-corrected chi connectivity index (χ1v) is 12.4. The number of fused-ring (bicyclic) bond motifs is 3. The highest BCUT2D eigenvalue weighted by atomic mass is 15.0. The Bertz CT molecular complexity index is 1740. The van der Waals surface area contributed by atoms with Crippen LogP contribution in [0.25, 0.3) is 60.9 Å². The zero-order chi connectivity index (χ0) is 24.6. The van der Waals surface area contributed by atoms with Crippen molar-refractivity contribution in [3.05, 3.63) is 140 Å². The van der Waals surface area contributed by atoms with Crippen molar-refractivity contribution in [3.63, 3.8) is 0 Å². The van der Waals surface area contributed by atoms with Crippen LogP contribution in [0.5, 0.6) is 0 Å². The van der Waals surface area contributed by atoms with Crippen LogP contribution in [0.15, 0.2) is 140 Å². The normalized spacial score (nSPS) is 11.2. The van der Waals surface area contributed by atoms with E-state index in [-0.39, 0.29) is 0 Å². The van der Waals surface area contributed by atoms with Crippen molar-refractivity contribution in [2.24, 2.45) is 0 Å². The minimum Gasteiger partial charge on any atom is -0.309 e. The van der Waals surface area contributed by atoms with Crippen LogP contribution in [0.2, 0.25) is 0 Å². The molecule has 7 rings (SSSR count). The number of nitrogens with zero attached hydrogens (tertiary/aromatic N) is 3. The van der Waals surface area contributed by atoms with E-state index in [4.69, 9.17) is 0 Å². The van der Waals surface area contributed by atoms with Gasteiger partial charge in [-0.25, -0.2) is 0 Å². The second kappa shape index (κ2) is 8.89. The summed E-state index contributed by atoms with van der Waals surface area (Å²) in [7, 11) is 0. The average Bonchev–Trinajstić information content (AvgIpc) is 3.31. The third-order valence-electron chi connectivity index (χ3n) is 7.03. The predicted octanol–water partition coefficient (Wildman–Crippen LogP) is 8.57. The van der Waals surface area contributed by atoms with Gasteiger partial charge < -0.3 is 4.57 Å². The Balaban J connectivity index is 1.47. The van der Waals surface area contributed by atoms with Gasteiger partial charge in [-0.05, 0) is 81.9 Å². The standard InChI is InChI=1S/C34H23N3/c1-2-4-24(5-3-1)28-8-12-31-32-13-9-29(27-16-20-36-21-17-27)23-34(32)37(33(31)22-28)30-10-6-25(7-11-30)26-14-18-35-19-15-26/h1-23H. The number of hydrogen-bond donors (Lipinski definition) is 0. The van der Waals surface area contributed by atoms with Crippen LogP contribution < -0.4 is 0 Å². The van der Waals surface area contributed by atoms with Gasteiger partial charge in [0.25, 0.3) is 0 Å². The molecule has 37 heavy (non-hydrogen) atoms. The molecule has 3 heterocycles. The summed E-state index contributed by atoms with van der Waals surface area (Å²) in [5.74, 6) is 0. The van der Waals surface area contributed by atoms with Gasteiger partial charge in [0, 0.05) is 41.2 Å². The molecule has 7 aromatic rings. The van der Waals surface area contributed by atoms with Crippen LogP contribution in [0.1, 0.15) is 0 Å². The lowest BCUT2D eigenvalue weighted by molar-refractivity contribution is 1.18. The van der Waals surface area contributed by atoms with Gasteiger partial charge in [0.05, 0.1) is 11.0 Å². The Morgan fingerprint density at radius 1 is 0.378 bits per heavy atom. The van der Waals surface area contributed by atoms with E-state index in [1.807, 2.05) is 36.9 Å². The van der Waals surface area contributed by atoms with E-state index in [0.717, 1.165) is 16.8 Å². The molecule has 0 bridgehead atoms. The summed E-state index contributed by atoms with van der Waals surface area (Å²) in [6, 6.07) is 41.1. The lowest BCUT2D eigenvalue weighted by Gasteiger charge is -2.11. The molecule has 0 fully saturated rings. The van der Waals surface area contributed by atoms with Crippen molar-refractivity contribution in [2.45, 2.75) is 0 Å². The van der Waals surface area contributed by atoms with Gasteiger partial charge >= 0.3 is 0 Å². The van der Waals surface area contributed by atoms with Gasteiger partial charge in [0.15, 0.2) is 0 Å². The molecule has 0 aliphatic carbocycles. The molecule has 0 radical (unpaired) electrons. The van der Waals surface area contributed by atoms with E-state index >= 15 is 0 Å². The fourth-order valence-electron chi connectivity index (χ4n) is 5.18. The van der Waals surface area contributed by atoms with Gasteiger partial charge in [0.2, 0.25) is 0 Å². The molecule has 0 aliphatic heterocycles. The van der Waals surface area contributed by atoms with Gasteiger partial charge in [-0.2, -0.15) is 0 Å². The number of hydrogen-bond acceptors (Lipinski definition) is 2. The first kappa shape index (κ1) is 21.3. The SMILES string of the molecule is c1ccc(-c2ccc3c4ccc(-c5ccncc5)cc4n(-c4ccc(-c5ccncc5)cc4)c3c2)cc1. The zero-order valence-corrected chi connectivity index (χ0v) is 20.1. The van der Waals surface area contributed by atoms with Crippen molar-refractivity contribution in [1.29, 1.82) is 0 Å². The first-order valence-electron chi connectivity index (χ1n) is 12.4. The van der Waals surface area contributed by atoms with E-state index in [9.17, 15) is 0 Å². The Morgan fingerprint density at radius 2 is 0.811 bits per heavy atom. The minimum atomic E-state index is 1.13. The highest BCUT2D eigenvalue weighted by Gasteiger charge is 2.15. The molecule has 0 spiro atoms. The van der Waals surface area contributed by atoms with Crippen molar-refractivity contribution in [2.75, 3.05) is 0 Å². The van der Waals surface area contributed by atoms with E-state index in [1.54, 1.807) is 0 Å². The Hall–Kier alpha value is -5.02. The molecule has 0 saturated carbocycles. The van der Waals surface area contributed by atoms with E-state index in [1.165, 1.54) is 44.1 Å². The number of pyridine rings is 2. The van der Waals surface area contributed by atoms with Crippen molar-refractivity contribution in [1.82, 2.24) is 14.5 Å². The summed E-state index contributed by atoms with van der Waals surface area (Å²) in [5.41, 5.74) is 10.6. The molecule has 3 heteroatoms. The van der Waals surface area contributed by atoms with E-state index < -0.39 is 0 Å². The molecule has 0 aliphatic rings. The van der Waals surface area contributed by atoms with Crippen molar-refractivity contribution < 1.29 is 0 Å². The highest BCUT2D eigenvalue weighted by Crippen LogP contribution is 2.37. The lowest BCUT2D eigenvalue weighted by Crippen LogP contribution is -1.94. The quantitative estimate of drug-likeness (QED) is 0.256. The minimum absolute atomic E-state index is 1.13. The molecule has 3 nitrogen and oxygen atoms in total. The van der Waals surface area contributed by atoms with Crippen LogP contribution in [-0.2, 0) is 0 Å². The van der Waals surface area contributed by atoms with Crippen LogP contribution in [0, 0.1) is 0 Å². The molecule has 174 valence electrons. The molecular weight excluding hydrogens is 450 g/mol. The third kappa shape index (κ3) is 3.78. The summed E-state index contributed by atoms with van der Waals surface area (Å²) in [6.07, 6.45) is 7.36. The molecule has 0 atom stereocenters. The number of benzene rings is 4. The summed E-state index contributed by atoms with van der Waals surface area (Å²) in [4.78, 5) is 8.35. The fraction of sp³-hybridized carbons (Fsp3) is 0. The van der Waals surface area contributed by atoms with Gasteiger partial charge in [-0.3, -0.25) is 9.97 Å². The Labute approximate surface area is 215 Å². The van der Waals surface area contributed by atoms with E-state index in [2.05, 4.69) is 118 Å². The predicted molar refractivity (Wildman–Crippen MR) is 153 cm³/mol. The average molecular weight is 474 g/mol. The first-order chi connectivity index (χ1) is 18.3. The summed E-state index contributed by atoms with van der Waals surface area (Å²) < 4.78 is 2.39. The third-order valence-corrected chi connectivity index (χ3v) is 7.03. The van der Waals surface area contributed by atoms with E-state index in [0.29, 0.717) is 0 Å². The molecule has 0 amide bonds. The summed E-state index contributed by atoms with van der Waals surface area (Å²) in [6.45, 7) is 0. The highest BCUT2D eigenvalue weighted by molar-refractivity contribution is 6.11. The maximum Gasteiger partial charge on any atom is 0.0547 e. The van der Waals surface area contributed by atoms with Crippen LogP contribution in [-0.4, -0.2) is 14.5 Å². The van der Waals surface area contributed by atoms with Crippen LogP contribution in [0.4, 0.5) is 0 Å². The Kier molecular flexibility index (Phi) is 5.11. The molecule has 3 aromatic heterocycles. The molecule has 0 N–H and O–H groups in total. The number of rotatable bonds is 4. The second-order valence-electron chi connectivity index (χ2n) is 9.18. The second-order valence-corrected chi connectivity index (χ2v) is 9.18. The number of aromatic nitrogens is 3. The zero-order valence-electron chi connectivity index (χ0n) is 20.1. The van der Waals surface area contributed by atoms with Crippen LogP contribution >= 0.6 is 0 Å². The molecule has 4 aromatic carbocycles. The fourth-order valence-corrected chi connectivity index (χ4v) is 5.18. The van der Waals surface area contributed by atoms with Crippen molar-refractivity contribution >= 4 is 21.8 Å². The van der Waals surface area contributed by atoms with Crippen molar-refractivity contribution in [3.8, 4) is 39.1 Å².